The summed E-state index contributed by atoms with van der Waals surface area (Å²) in [6, 6.07) is 14.4. The molecule has 1 heterocycles. The summed E-state index contributed by atoms with van der Waals surface area (Å²) in [7, 11) is 0. The highest BCUT2D eigenvalue weighted by Gasteiger charge is 1.98. The maximum atomic E-state index is 5.45. The van der Waals surface area contributed by atoms with E-state index in [0.29, 0.717) is 6.54 Å². The van der Waals surface area contributed by atoms with Gasteiger partial charge < -0.3 is 11.1 Å². The highest BCUT2D eigenvalue weighted by atomic mass is 15.0. The van der Waals surface area contributed by atoms with E-state index in [2.05, 4.69) is 28.5 Å². The molecular weight excluding hydrogens is 210 g/mol. The fourth-order valence-electron chi connectivity index (χ4n) is 1.66. The number of aromatic nitrogens is 1. The normalized spacial score (nSPS) is 10.2. The molecule has 0 saturated carbocycles. The lowest BCUT2D eigenvalue weighted by atomic mass is 10.1. The average Bonchev–Trinajstić information content (AvgIpc) is 2.41. The van der Waals surface area contributed by atoms with Gasteiger partial charge in [0, 0.05) is 12.7 Å². The number of benzene rings is 1. The van der Waals surface area contributed by atoms with E-state index >= 15 is 0 Å². The van der Waals surface area contributed by atoms with Crippen molar-refractivity contribution in [3.63, 3.8) is 0 Å². The number of hydrogen-bond acceptors (Lipinski definition) is 3. The minimum Gasteiger partial charge on any atom is -0.370 e. The SMILES string of the molecule is NCCCNc1cc(-c2ccccc2)ccn1. The molecule has 0 aliphatic rings. The van der Waals surface area contributed by atoms with E-state index in [1.807, 2.05) is 30.5 Å². The minimum atomic E-state index is 0.700. The highest BCUT2D eigenvalue weighted by molar-refractivity contribution is 5.65. The number of nitrogens with two attached hydrogens (primary N) is 1. The summed E-state index contributed by atoms with van der Waals surface area (Å²) < 4.78 is 0. The van der Waals surface area contributed by atoms with Crippen LogP contribution in [-0.2, 0) is 0 Å². The Hall–Kier alpha value is -1.87. The Kier molecular flexibility index (Phi) is 4.11. The Bertz CT molecular complexity index is 454. The van der Waals surface area contributed by atoms with E-state index in [9.17, 15) is 0 Å². The smallest absolute Gasteiger partial charge is 0.126 e. The average molecular weight is 227 g/mol. The Morgan fingerprint density at radius 3 is 2.65 bits per heavy atom. The summed E-state index contributed by atoms with van der Waals surface area (Å²) >= 11 is 0. The first-order chi connectivity index (χ1) is 8.40. The minimum absolute atomic E-state index is 0.700. The first-order valence-electron chi connectivity index (χ1n) is 5.85. The molecular formula is C14H17N3. The van der Waals surface area contributed by atoms with Crippen LogP contribution in [0, 0.1) is 0 Å². The van der Waals surface area contributed by atoms with Crippen molar-refractivity contribution in [1.29, 1.82) is 0 Å². The number of hydrogen-bond donors (Lipinski definition) is 2. The van der Waals surface area contributed by atoms with Gasteiger partial charge in [-0.2, -0.15) is 0 Å². The summed E-state index contributed by atoms with van der Waals surface area (Å²) in [6.07, 6.45) is 2.78. The van der Waals surface area contributed by atoms with Crippen LogP contribution in [0.1, 0.15) is 6.42 Å². The Labute approximate surface area is 102 Å². The molecule has 88 valence electrons. The third-order valence-corrected chi connectivity index (χ3v) is 2.55. The molecule has 2 aromatic rings. The van der Waals surface area contributed by atoms with Crippen molar-refractivity contribution in [3.05, 3.63) is 48.7 Å². The highest BCUT2D eigenvalue weighted by Crippen LogP contribution is 2.20. The molecule has 3 heteroatoms. The summed E-state index contributed by atoms with van der Waals surface area (Å²) in [5, 5.41) is 3.26. The van der Waals surface area contributed by atoms with Crippen molar-refractivity contribution >= 4 is 5.82 Å². The van der Waals surface area contributed by atoms with Crippen LogP contribution in [-0.4, -0.2) is 18.1 Å². The van der Waals surface area contributed by atoms with Gasteiger partial charge in [0.25, 0.3) is 0 Å². The largest absolute Gasteiger partial charge is 0.370 e. The Morgan fingerprint density at radius 2 is 1.88 bits per heavy atom. The van der Waals surface area contributed by atoms with Gasteiger partial charge in [-0.05, 0) is 36.2 Å². The molecule has 17 heavy (non-hydrogen) atoms. The van der Waals surface area contributed by atoms with Gasteiger partial charge in [0.1, 0.15) is 5.82 Å². The molecule has 0 fully saturated rings. The Morgan fingerprint density at radius 1 is 1.06 bits per heavy atom. The summed E-state index contributed by atoms with van der Waals surface area (Å²) in [5.41, 5.74) is 7.84. The molecule has 0 bridgehead atoms. The second kappa shape index (κ2) is 6.01. The predicted octanol–water partition coefficient (Wildman–Crippen LogP) is 2.51. The molecule has 2 rings (SSSR count). The van der Waals surface area contributed by atoms with E-state index in [1.165, 1.54) is 11.1 Å². The number of nitrogens with one attached hydrogen (secondary N) is 1. The van der Waals surface area contributed by atoms with Gasteiger partial charge in [0.15, 0.2) is 0 Å². The molecule has 0 amide bonds. The van der Waals surface area contributed by atoms with E-state index in [0.717, 1.165) is 18.8 Å². The van der Waals surface area contributed by atoms with Crippen molar-refractivity contribution in [1.82, 2.24) is 4.98 Å². The number of anilines is 1. The van der Waals surface area contributed by atoms with Crippen molar-refractivity contribution in [3.8, 4) is 11.1 Å². The van der Waals surface area contributed by atoms with Gasteiger partial charge in [0.2, 0.25) is 0 Å². The molecule has 0 spiro atoms. The van der Waals surface area contributed by atoms with E-state index in [1.54, 1.807) is 0 Å². The predicted molar refractivity (Wildman–Crippen MR) is 71.8 cm³/mol. The quantitative estimate of drug-likeness (QED) is 0.772. The maximum Gasteiger partial charge on any atom is 0.126 e. The van der Waals surface area contributed by atoms with Crippen LogP contribution in [0.2, 0.25) is 0 Å². The van der Waals surface area contributed by atoms with Crippen molar-refractivity contribution in [2.24, 2.45) is 5.73 Å². The number of rotatable bonds is 5. The van der Waals surface area contributed by atoms with Gasteiger partial charge in [-0.15, -0.1) is 0 Å². The molecule has 3 N–H and O–H groups in total. The second-order valence-electron chi connectivity index (χ2n) is 3.86. The van der Waals surface area contributed by atoms with Crippen LogP contribution in [0.25, 0.3) is 11.1 Å². The van der Waals surface area contributed by atoms with Crippen LogP contribution in [0.4, 0.5) is 5.82 Å². The Balaban J connectivity index is 2.12. The van der Waals surface area contributed by atoms with Gasteiger partial charge in [-0.3, -0.25) is 0 Å². The molecule has 0 atom stereocenters. The summed E-state index contributed by atoms with van der Waals surface area (Å²) in [6.45, 7) is 1.56. The molecule has 1 aromatic heterocycles. The first-order valence-corrected chi connectivity index (χ1v) is 5.85. The van der Waals surface area contributed by atoms with Crippen LogP contribution >= 0.6 is 0 Å². The van der Waals surface area contributed by atoms with E-state index < -0.39 is 0 Å². The van der Waals surface area contributed by atoms with Crippen molar-refractivity contribution < 1.29 is 0 Å². The molecule has 0 saturated heterocycles. The molecule has 0 unspecified atom stereocenters. The van der Waals surface area contributed by atoms with E-state index in [-0.39, 0.29) is 0 Å². The molecule has 0 aliphatic carbocycles. The number of nitrogens with zero attached hydrogens (tertiary/aromatic N) is 1. The molecule has 0 radical (unpaired) electrons. The van der Waals surface area contributed by atoms with Gasteiger partial charge >= 0.3 is 0 Å². The fraction of sp³-hybridized carbons (Fsp3) is 0.214. The summed E-state index contributed by atoms with van der Waals surface area (Å²) in [5.74, 6) is 0.903. The third-order valence-electron chi connectivity index (χ3n) is 2.55. The van der Waals surface area contributed by atoms with Crippen molar-refractivity contribution in [2.45, 2.75) is 6.42 Å². The van der Waals surface area contributed by atoms with Gasteiger partial charge in [0.05, 0.1) is 0 Å². The molecule has 1 aromatic carbocycles. The zero-order valence-corrected chi connectivity index (χ0v) is 9.76. The van der Waals surface area contributed by atoms with Crippen LogP contribution in [0.5, 0.6) is 0 Å². The van der Waals surface area contributed by atoms with Crippen LogP contribution in [0.3, 0.4) is 0 Å². The van der Waals surface area contributed by atoms with Gasteiger partial charge in [-0.1, -0.05) is 30.3 Å². The maximum absolute atomic E-state index is 5.45. The lowest BCUT2D eigenvalue weighted by molar-refractivity contribution is 0.870. The summed E-state index contributed by atoms with van der Waals surface area (Å²) in [4.78, 5) is 4.28. The van der Waals surface area contributed by atoms with Crippen molar-refractivity contribution in [2.75, 3.05) is 18.4 Å². The van der Waals surface area contributed by atoms with E-state index in [4.69, 9.17) is 5.73 Å². The standard InChI is InChI=1S/C14H17N3/c15-8-4-9-16-14-11-13(7-10-17-14)12-5-2-1-3-6-12/h1-3,5-7,10-11H,4,8-9,15H2,(H,16,17). The zero-order chi connectivity index (χ0) is 11.9. The molecule has 0 aliphatic heterocycles. The van der Waals surface area contributed by atoms with Crippen LogP contribution < -0.4 is 11.1 Å². The monoisotopic (exact) mass is 227 g/mol. The topological polar surface area (TPSA) is 50.9 Å². The number of pyridine rings is 1. The molecule has 3 nitrogen and oxygen atoms in total. The fourth-order valence-corrected chi connectivity index (χ4v) is 1.66. The first kappa shape index (κ1) is 11.6. The zero-order valence-electron chi connectivity index (χ0n) is 9.76. The second-order valence-corrected chi connectivity index (χ2v) is 3.86. The third kappa shape index (κ3) is 3.29. The lowest BCUT2D eigenvalue weighted by Gasteiger charge is -2.06. The van der Waals surface area contributed by atoms with Gasteiger partial charge in [-0.25, -0.2) is 4.98 Å². The lowest BCUT2D eigenvalue weighted by Crippen LogP contribution is -2.09. The van der Waals surface area contributed by atoms with Crippen LogP contribution in [0.15, 0.2) is 48.7 Å².